The molecule has 0 N–H and O–H groups in total. The molecule has 25 heavy (non-hydrogen) atoms. The maximum atomic E-state index is 12.8. The molecular weight excluding hydrogens is 338 g/mol. The number of hydrogen-bond acceptors (Lipinski definition) is 5. The largest absolute Gasteiger partial charge is 0.311 e. The quantitative estimate of drug-likeness (QED) is 0.787. The first-order valence-corrected chi connectivity index (χ1v) is 10.9. The molecule has 7 heteroatoms. The van der Waals surface area contributed by atoms with E-state index < -0.39 is 9.84 Å². The summed E-state index contributed by atoms with van der Waals surface area (Å²) in [4.78, 5) is 19.3. The molecule has 1 aromatic rings. The number of carbonyl (C=O) groups is 1. The van der Waals surface area contributed by atoms with Gasteiger partial charge in [-0.05, 0) is 25.0 Å². The van der Waals surface area contributed by atoms with Gasteiger partial charge in [-0.15, -0.1) is 0 Å². The van der Waals surface area contributed by atoms with Crippen molar-refractivity contribution in [3.05, 3.63) is 30.3 Å². The Bertz CT molecular complexity index is 729. The molecule has 1 aromatic carbocycles. The number of carbonyl (C=O) groups excluding carboxylic acids is 1. The highest BCUT2D eigenvalue weighted by Gasteiger charge is 2.39. The van der Waals surface area contributed by atoms with Crippen LogP contribution in [0.15, 0.2) is 30.3 Å². The molecule has 3 saturated heterocycles. The van der Waals surface area contributed by atoms with Crippen molar-refractivity contribution in [1.29, 1.82) is 0 Å². The monoisotopic (exact) mass is 363 g/mol. The molecule has 2 unspecified atom stereocenters. The van der Waals surface area contributed by atoms with Crippen molar-refractivity contribution in [3.8, 4) is 0 Å². The second-order valence-electron chi connectivity index (χ2n) is 7.26. The van der Waals surface area contributed by atoms with Gasteiger partial charge in [-0.25, -0.2) is 8.42 Å². The fourth-order valence-electron chi connectivity index (χ4n) is 4.35. The predicted octanol–water partition coefficient (Wildman–Crippen LogP) is 0.597. The number of piperazine rings is 1. The van der Waals surface area contributed by atoms with Crippen molar-refractivity contribution >= 4 is 21.4 Å². The third-order valence-corrected chi connectivity index (χ3v) is 7.51. The molecule has 0 bridgehead atoms. The van der Waals surface area contributed by atoms with Crippen molar-refractivity contribution in [2.75, 3.05) is 49.1 Å². The van der Waals surface area contributed by atoms with Crippen LogP contribution in [-0.2, 0) is 14.6 Å². The summed E-state index contributed by atoms with van der Waals surface area (Å²) in [5.74, 6) is 0.824. The fourth-order valence-corrected chi connectivity index (χ4v) is 6.11. The summed E-state index contributed by atoms with van der Waals surface area (Å²) in [5.41, 5.74) is 0.977. The Hall–Kier alpha value is -1.44. The zero-order chi connectivity index (χ0) is 17.4. The summed E-state index contributed by atoms with van der Waals surface area (Å²) in [6, 6.07) is 10.00. The molecule has 0 aromatic heterocycles. The van der Waals surface area contributed by atoms with Crippen LogP contribution < -0.4 is 4.90 Å². The van der Waals surface area contributed by atoms with E-state index in [0.717, 1.165) is 51.3 Å². The highest BCUT2D eigenvalue weighted by atomic mass is 32.2. The molecule has 136 valence electrons. The van der Waals surface area contributed by atoms with Crippen LogP contribution in [-0.4, -0.2) is 80.4 Å². The Morgan fingerprint density at radius 1 is 0.880 bits per heavy atom. The number of anilines is 1. The van der Waals surface area contributed by atoms with Crippen LogP contribution >= 0.6 is 0 Å². The Kier molecular flexibility index (Phi) is 4.56. The van der Waals surface area contributed by atoms with Crippen molar-refractivity contribution in [2.24, 2.45) is 0 Å². The number of hydrogen-bond donors (Lipinski definition) is 0. The van der Waals surface area contributed by atoms with Gasteiger partial charge in [0.15, 0.2) is 9.84 Å². The van der Waals surface area contributed by atoms with E-state index >= 15 is 0 Å². The van der Waals surface area contributed by atoms with Gasteiger partial charge in [0, 0.05) is 44.5 Å². The molecule has 3 heterocycles. The van der Waals surface area contributed by atoms with Crippen molar-refractivity contribution in [1.82, 2.24) is 9.80 Å². The first kappa shape index (κ1) is 17.0. The molecule has 0 aliphatic carbocycles. The zero-order valence-corrected chi connectivity index (χ0v) is 15.2. The van der Waals surface area contributed by atoms with E-state index in [0.29, 0.717) is 11.5 Å². The normalized spacial score (nSPS) is 30.9. The first-order valence-electron chi connectivity index (χ1n) is 9.08. The SMILES string of the molecule is O=C1C(N2CCN(C3CCS(=O)(=O)C3)CC2)CCN1c1ccccc1. The van der Waals surface area contributed by atoms with Crippen LogP contribution in [0.1, 0.15) is 12.8 Å². The van der Waals surface area contributed by atoms with E-state index in [9.17, 15) is 13.2 Å². The number of para-hydroxylation sites is 1. The summed E-state index contributed by atoms with van der Waals surface area (Å²) in [6.07, 6.45) is 1.62. The third-order valence-electron chi connectivity index (χ3n) is 5.76. The Morgan fingerprint density at radius 2 is 1.56 bits per heavy atom. The molecule has 2 atom stereocenters. The fraction of sp³-hybridized carbons (Fsp3) is 0.611. The average Bonchev–Trinajstić information content (AvgIpc) is 3.18. The van der Waals surface area contributed by atoms with Crippen LogP contribution in [0.25, 0.3) is 0 Å². The smallest absolute Gasteiger partial charge is 0.244 e. The number of nitrogens with zero attached hydrogens (tertiary/aromatic N) is 3. The molecule has 3 aliphatic rings. The minimum Gasteiger partial charge on any atom is -0.311 e. The summed E-state index contributed by atoms with van der Waals surface area (Å²) >= 11 is 0. The van der Waals surface area contributed by atoms with Crippen LogP contribution in [0.5, 0.6) is 0 Å². The van der Waals surface area contributed by atoms with E-state index in [1.165, 1.54) is 0 Å². The maximum absolute atomic E-state index is 12.8. The molecular formula is C18H25N3O3S. The van der Waals surface area contributed by atoms with Gasteiger partial charge in [0.2, 0.25) is 5.91 Å². The predicted molar refractivity (Wildman–Crippen MR) is 97.4 cm³/mol. The first-order chi connectivity index (χ1) is 12.0. The highest BCUT2D eigenvalue weighted by Crippen LogP contribution is 2.26. The lowest BCUT2D eigenvalue weighted by molar-refractivity contribution is -0.122. The van der Waals surface area contributed by atoms with E-state index in [-0.39, 0.29) is 18.0 Å². The van der Waals surface area contributed by atoms with Gasteiger partial charge in [0.05, 0.1) is 17.5 Å². The topological polar surface area (TPSA) is 60.9 Å². The lowest BCUT2D eigenvalue weighted by Crippen LogP contribution is -2.55. The molecule has 3 aliphatic heterocycles. The van der Waals surface area contributed by atoms with Gasteiger partial charge in [-0.3, -0.25) is 14.6 Å². The second kappa shape index (κ2) is 6.70. The van der Waals surface area contributed by atoms with Gasteiger partial charge in [-0.2, -0.15) is 0 Å². The van der Waals surface area contributed by atoms with E-state index in [1.54, 1.807) is 0 Å². The number of amides is 1. The molecule has 6 nitrogen and oxygen atoms in total. The number of rotatable bonds is 3. The minimum absolute atomic E-state index is 0.0327. The van der Waals surface area contributed by atoms with Gasteiger partial charge in [-0.1, -0.05) is 18.2 Å². The van der Waals surface area contributed by atoms with E-state index in [2.05, 4.69) is 9.80 Å². The van der Waals surface area contributed by atoms with Gasteiger partial charge in [0.1, 0.15) is 0 Å². The summed E-state index contributed by atoms with van der Waals surface area (Å²) in [5, 5.41) is 0. The van der Waals surface area contributed by atoms with Gasteiger partial charge < -0.3 is 4.90 Å². The van der Waals surface area contributed by atoms with Crippen LogP contribution in [0, 0.1) is 0 Å². The van der Waals surface area contributed by atoms with E-state index in [4.69, 9.17) is 0 Å². The average molecular weight is 363 g/mol. The molecule has 0 spiro atoms. The molecule has 0 saturated carbocycles. The van der Waals surface area contributed by atoms with Gasteiger partial charge in [0.25, 0.3) is 0 Å². The highest BCUT2D eigenvalue weighted by molar-refractivity contribution is 7.91. The molecule has 0 radical (unpaired) electrons. The standard InChI is InChI=1S/C18H25N3O3S/c22-18-17(6-8-21(18)15-4-2-1-3-5-15)20-11-9-19(10-12-20)16-7-13-25(23,24)14-16/h1-5,16-17H,6-14H2. The molecule has 4 rings (SSSR count). The van der Waals surface area contributed by atoms with Crippen LogP contribution in [0.3, 0.4) is 0 Å². The number of benzene rings is 1. The van der Waals surface area contributed by atoms with E-state index in [1.807, 2.05) is 35.2 Å². The molecule has 3 fully saturated rings. The minimum atomic E-state index is -2.84. The third kappa shape index (κ3) is 3.45. The summed E-state index contributed by atoms with van der Waals surface area (Å²) in [7, 11) is -2.84. The lowest BCUT2D eigenvalue weighted by Gasteiger charge is -2.39. The van der Waals surface area contributed by atoms with Gasteiger partial charge >= 0.3 is 0 Å². The zero-order valence-electron chi connectivity index (χ0n) is 14.4. The maximum Gasteiger partial charge on any atom is 0.244 e. The number of sulfone groups is 1. The Labute approximate surface area is 149 Å². The van der Waals surface area contributed by atoms with Crippen LogP contribution in [0.2, 0.25) is 0 Å². The molecule has 1 amide bonds. The second-order valence-corrected chi connectivity index (χ2v) is 9.49. The Balaban J connectivity index is 1.35. The lowest BCUT2D eigenvalue weighted by atomic mass is 10.1. The van der Waals surface area contributed by atoms with Crippen molar-refractivity contribution in [2.45, 2.75) is 24.9 Å². The van der Waals surface area contributed by atoms with Crippen molar-refractivity contribution in [3.63, 3.8) is 0 Å². The summed E-state index contributed by atoms with van der Waals surface area (Å²) in [6.45, 7) is 4.17. The summed E-state index contributed by atoms with van der Waals surface area (Å²) < 4.78 is 23.4. The Morgan fingerprint density at radius 3 is 2.20 bits per heavy atom. The van der Waals surface area contributed by atoms with Crippen molar-refractivity contribution < 1.29 is 13.2 Å². The van der Waals surface area contributed by atoms with Crippen LogP contribution in [0.4, 0.5) is 5.69 Å².